The van der Waals surface area contributed by atoms with Crippen molar-refractivity contribution < 1.29 is 5.11 Å². The van der Waals surface area contributed by atoms with Crippen LogP contribution in [0.25, 0.3) is 0 Å². The summed E-state index contributed by atoms with van der Waals surface area (Å²) in [6, 6.07) is 0.792. The van der Waals surface area contributed by atoms with Gasteiger partial charge in [0.2, 0.25) is 0 Å². The van der Waals surface area contributed by atoms with Crippen molar-refractivity contribution in [2.75, 3.05) is 19.7 Å². The molecule has 82 valence electrons. The Hall–Kier alpha value is -0.0800. The molecule has 0 unspecified atom stereocenters. The van der Waals surface area contributed by atoms with Gasteiger partial charge in [-0.25, -0.2) is 0 Å². The first kappa shape index (κ1) is 10.4. The molecule has 0 aliphatic heterocycles. The predicted molar refractivity (Wildman–Crippen MR) is 58.3 cm³/mol. The Morgan fingerprint density at radius 2 is 1.71 bits per heavy atom. The third-order valence-electron chi connectivity index (χ3n) is 3.75. The van der Waals surface area contributed by atoms with Gasteiger partial charge in [0.15, 0.2) is 0 Å². The molecule has 2 aliphatic rings. The first-order valence-corrected chi connectivity index (χ1v) is 6.25. The van der Waals surface area contributed by atoms with E-state index >= 15 is 0 Å². The second-order valence-corrected chi connectivity index (χ2v) is 4.93. The van der Waals surface area contributed by atoms with Crippen LogP contribution in [-0.2, 0) is 0 Å². The van der Waals surface area contributed by atoms with Crippen molar-refractivity contribution in [3.05, 3.63) is 0 Å². The molecule has 0 aromatic rings. The number of hydrogen-bond donors (Lipinski definition) is 1. The molecule has 0 radical (unpaired) electrons. The molecule has 0 aromatic heterocycles. The van der Waals surface area contributed by atoms with E-state index in [1.807, 2.05) is 0 Å². The van der Waals surface area contributed by atoms with E-state index in [1.165, 1.54) is 51.5 Å². The molecule has 2 nitrogen and oxygen atoms in total. The highest BCUT2D eigenvalue weighted by Crippen LogP contribution is 2.33. The molecule has 2 aliphatic carbocycles. The van der Waals surface area contributed by atoms with Crippen LogP contribution in [-0.4, -0.2) is 35.7 Å². The molecule has 2 fully saturated rings. The van der Waals surface area contributed by atoms with E-state index in [0.29, 0.717) is 6.61 Å². The van der Waals surface area contributed by atoms with Gasteiger partial charge in [-0.05, 0) is 31.7 Å². The normalized spacial score (nSPS) is 23.6. The van der Waals surface area contributed by atoms with Crippen LogP contribution in [0.5, 0.6) is 0 Å². The first-order valence-electron chi connectivity index (χ1n) is 6.25. The lowest BCUT2D eigenvalue weighted by Gasteiger charge is -2.27. The summed E-state index contributed by atoms with van der Waals surface area (Å²) in [4.78, 5) is 2.53. The van der Waals surface area contributed by atoms with Gasteiger partial charge >= 0.3 is 0 Å². The van der Waals surface area contributed by atoms with Gasteiger partial charge in [-0.2, -0.15) is 0 Å². The van der Waals surface area contributed by atoms with E-state index in [-0.39, 0.29) is 0 Å². The fourth-order valence-corrected chi connectivity index (χ4v) is 2.63. The fraction of sp³-hybridized carbons (Fsp3) is 1.00. The number of rotatable bonds is 6. The molecule has 0 spiro atoms. The Balaban J connectivity index is 1.72. The molecule has 2 heteroatoms. The van der Waals surface area contributed by atoms with Crippen molar-refractivity contribution in [2.45, 2.75) is 51.0 Å². The van der Waals surface area contributed by atoms with Crippen LogP contribution in [0.1, 0.15) is 44.9 Å². The summed E-state index contributed by atoms with van der Waals surface area (Å²) in [6.45, 7) is 2.47. The summed E-state index contributed by atoms with van der Waals surface area (Å²) in [5.74, 6) is 1.03. The van der Waals surface area contributed by atoms with Crippen molar-refractivity contribution in [3.8, 4) is 0 Å². The standard InChI is InChI=1S/C12H23NO/c14-10-9-13(8-7-11-5-6-11)12-3-1-2-4-12/h11-12,14H,1-10H2. The number of aliphatic hydroxyl groups is 1. The average molecular weight is 197 g/mol. The van der Waals surface area contributed by atoms with Gasteiger partial charge in [-0.1, -0.05) is 25.7 Å². The molecule has 0 atom stereocenters. The lowest BCUT2D eigenvalue weighted by molar-refractivity contribution is 0.148. The van der Waals surface area contributed by atoms with Gasteiger partial charge in [0.1, 0.15) is 0 Å². The molecule has 1 N–H and O–H groups in total. The zero-order valence-corrected chi connectivity index (χ0v) is 9.12. The van der Waals surface area contributed by atoms with Gasteiger partial charge in [-0.15, -0.1) is 0 Å². The first-order chi connectivity index (χ1) is 6.90. The van der Waals surface area contributed by atoms with Crippen LogP contribution < -0.4 is 0 Å². The number of aliphatic hydroxyl groups excluding tert-OH is 1. The molecule has 14 heavy (non-hydrogen) atoms. The van der Waals surface area contributed by atoms with Crippen LogP contribution in [0.15, 0.2) is 0 Å². The highest BCUT2D eigenvalue weighted by Gasteiger charge is 2.25. The molecule has 0 saturated heterocycles. The van der Waals surface area contributed by atoms with Crippen LogP contribution in [0, 0.1) is 5.92 Å². The zero-order valence-electron chi connectivity index (χ0n) is 9.12. The second kappa shape index (κ2) is 5.13. The van der Waals surface area contributed by atoms with Gasteiger partial charge in [0.25, 0.3) is 0 Å². The minimum absolute atomic E-state index is 0.334. The zero-order chi connectivity index (χ0) is 9.80. The summed E-state index contributed by atoms with van der Waals surface area (Å²) in [6.07, 6.45) is 9.81. The Morgan fingerprint density at radius 3 is 2.29 bits per heavy atom. The lowest BCUT2D eigenvalue weighted by atomic mass is 10.2. The van der Waals surface area contributed by atoms with Gasteiger partial charge < -0.3 is 5.11 Å². The summed E-state index contributed by atoms with van der Waals surface area (Å²) in [7, 11) is 0. The molecule has 2 rings (SSSR count). The number of hydrogen-bond acceptors (Lipinski definition) is 2. The van der Waals surface area contributed by atoms with Crippen LogP contribution in [0.3, 0.4) is 0 Å². The van der Waals surface area contributed by atoms with Crippen molar-refractivity contribution >= 4 is 0 Å². The molecular weight excluding hydrogens is 174 g/mol. The lowest BCUT2D eigenvalue weighted by Crippen LogP contribution is -2.36. The van der Waals surface area contributed by atoms with E-state index in [2.05, 4.69) is 4.90 Å². The van der Waals surface area contributed by atoms with Crippen LogP contribution in [0.2, 0.25) is 0 Å². The maximum absolute atomic E-state index is 9.04. The minimum Gasteiger partial charge on any atom is -0.395 e. The molecule has 0 heterocycles. The summed E-state index contributed by atoms with van der Waals surface area (Å²) >= 11 is 0. The van der Waals surface area contributed by atoms with E-state index in [0.717, 1.165) is 18.5 Å². The van der Waals surface area contributed by atoms with Crippen molar-refractivity contribution in [1.29, 1.82) is 0 Å². The second-order valence-electron chi connectivity index (χ2n) is 4.93. The topological polar surface area (TPSA) is 23.5 Å². The Kier molecular flexibility index (Phi) is 3.82. The summed E-state index contributed by atoms with van der Waals surface area (Å²) < 4.78 is 0. The third kappa shape index (κ3) is 2.96. The molecule has 0 amide bonds. The summed E-state index contributed by atoms with van der Waals surface area (Å²) in [5.41, 5.74) is 0. The Morgan fingerprint density at radius 1 is 1.00 bits per heavy atom. The largest absolute Gasteiger partial charge is 0.395 e. The fourth-order valence-electron chi connectivity index (χ4n) is 2.63. The van der Waals surface area contributed by atoms with Gasteiger partial charge in [-0.3, -0.25) is 4.90 Å². The smallest absolute Gasteiger partial charge is 0.0558 e. The van der Waals surface area contributed by atoms with E-state index in [9.17, 15) is 0 Å². The number of nitrogens with zero attached hydrogens (tertiary/aromatic N) is 1. The molecule has 0 aromatic carbocycles. The summed E-state index contributed by atoms with van der Waals surface area (Å²) in [5, 5.41) is 9.04. The SMILES string of the molecule is OCCN(CCC1CC1)C1CCCC1. The minimum atomic E-state index is 0.334. The predicted octanol–water partition coefficient (Wildman–Crippen LogP) is 2.02. The van der Waals surface area contributed by atoms with E-state index in [1.54, 1.807) is 0 Å². The molecule has 2 saturated carbocycles. The van der Waals surface area contributed by atoms with E-state index < -0.39 is 0 Å². The maximum Gasteiger partial charge on any atom is 0.0558 e. The monoisotopic (exact) mass is 197 g/mol. The van der Waals surface area contributed by atoms with Crippen LogP contribution in [0.4, 0.5) is 0 Å². The average Bonchev–Trinajstić information content (AvgIpc) is 2.86. The Labute approximate surface area is 87.3 Å². The highest BCUT2D eigenvalue weighted by molar-refractivity contribution is 4.80. The molecule has 0 bridgehead atoms. The van der Waals surface area contributed by atoms with E-state index in [4.69, 9.17) is 5.11 Å². The molecular formula is C12H23NO. The van der Waals surface area contributed by atoms with Gasteiger partial charge in [0, 0.05) is 12.6 Å². The van der Waals surface area contributed by atoms with Crippen molar-refractivity contribution in [3.63, 3.8) is 0 Å². The van der Waals surface area contributed by atoms with Crippen molar-refractivity contribution in [1.82, 2.24) is 4.90 Å². The Bertz CT molecular complexity index is 162. The maximum atomic E-state index is 9.04. The third-order valence-corrected chi connectivity index (χ3v) is 3.75. The highest BCUT2D eigenvalue weighted by atomic mass is 16.3. The quantitative estimate of drug-likeness (QED) is 0.704. The van der Waals surface area contributed by atoms with Crippen LogP contribution >= 0.6 is 0 Å². The van der Waals surface area contributed by atoms with Crippen molar-refractivity contribution in [2.24, 2.45) is 5.92 Å². The van der Waals surface area contributed by atoms with Gasteiger partial charge in [0.05, 0.1) is 6.61 Å².